The van der Waals surface area contributed by atoms with Crippen molar-refractivity contribution in [3.8, 4) is 0 Å². The lowest BCUT2D eigenvalue weighted by atomic mass is 9.74. The van der Waals surface area contributed by atoms with Crippen LogP contribution in [0.5, 0.6) is 0 Å². The van der Waals surface area contributed by atoms with Crippen molar-refractivity contribution in [2.45, 2.75) is 25.7 Å². The molecule has 0 amide bonds. The Morgan fingerprint density at radius 2 is 2.00 bits per heavy atom. The minimum Gasteiger partial charge on any atom is -0.259 e. The summed E-state index contributed by atoms with van der Waals surface area (Å²) in [5.41, 5.74) is 0.493. The van der Waals surface area contributed by atoms with Crippen molar-refractivity contribution in [3.63, 3.8) is 0 Å². The first-order chi connectivity index (χ1) is 5.27. The van der Waals surface area contributed by atoms with Gasteiger partial charge in [0.1, 0.15) is 0 Å². The van der Waals surface area contributed by atoms with Crippen LogP contribution in [0.1, 0.15) is 25.7 Å². The van der Waals surface area contributed by atoms with E-state index in [4.69, 9.17) is 0 Å². The zero-order valence-corrected chi connectivity index (χ0v) is 6.32. The van der Waals surface area contributed by atoms with Gasteiger partial charge in [0.05, 0.1) is 4.92 Å². The highest BCUT2D eigenvalue weighted by Gasteiger charge is 2.35. The van der Waals surface area contributed by atoms with Gasteiger partial charge >= 0.3 is 0 Å². The molecule has 0 unspecified atom stereocenters. The van der Waals surface area contributed by atoms with Crippen LogP contribution in [0.25, 0.3) is 0 Å². The molecular formula is C8H11NO2. The van der Waals surface area contributed by atoms with Crippen LogP contribution in [0, 0.1) is 22.0 Å². The van der Waals surface area contributed by atoms with Gasteiger partial charge in [0, 0.05) is 5.92 Å². The first-order valence-corrected chi connectivity index (χ1v) is 4.13. The predicted octanol–water partition coefficient (Wildman–Crippen LogP) is 1.97. The third kappa shape index (κ3) is 1.04. The van der Waals surface area contributed by atoms with Gasteiger partial charge in [-0.05, 0) is 37.7 Å². The Balaban J connectivity index is 2.27. The molecule has 3 nitrogen and oxygen atoms in total. The van der Waals surface area contributed by atoms with Crippen LogP contribution in [0.4, 0.5) is 0 Å². The predicted molar refractivity (Wildman–Crippen MR) is 40.5 cm³/mol. The van der Waals surface area contributed by atoms with Crippen molar-refractivity contribution in [2.75, 3.05) is 0 Å². The second-order valence-electron chi connectivity index (χ2n) is 3.46. The first-order valence-electron chi connectivity index (χ1n) is 4.13. The van der Waals surface area contributed by atoms with Crippen molar-refractivity contribution in [1.29, 1.82) is 0 Å². The van der Waals surface area contributed by atoms with E-state index in [-0.39, 0.29) is 10.8 Å². The van der Waals surface area contributed by atoms with Crippen LogP contribution in [0.3, 0.4) is 0 Å². The molecule has 0 aromatic heterocycles. The Morgan fingerprint density at radius 3 is 2.27 bits per heavy atom. The molecule has 0 heterocycles. The molecule has 3 heteroatoms. The standard InChI is InChI=1S/C8H11NO2/c10-9(11)8-5-6-1-3-7(8)4-2-6/h5-7H,1-4H2. The van der Waals surface area contributed by atoms with E-state index in [2.05, 4.69) is 0 Å². The normalized spacial score (nSPS) is 35.1. The van der Waals surface area contributed by atoms with E-state index >= 15 is 0 Å². The molecule has 0 radical (unpaired) electrons. The van der Waals surface area contributed by atoms with Gasteiger partial charge in [0.2, 0.25) is 5.70 Å². The average molecular weight is 153 g/mol. The quantitative estimate of drug-likeness (QED) is 0.427. The smallest absolute Gasteiger partial charge is 0.245 e. The van der Waals surface area contributed by atoms with Gasteiger partial charge in [-0.2, -0.15) is 0 Å². The topological polar surface area (TPSA) is 43.1 Å². The summed E-state index contributed by atoms with van der Waals surface area (Å²) in [4.78, 5) is 10.3. The fourth-order valence-electron chi connectivity index (χ4n) is 2.17. The number of allylic oxidation sites excluding steroid dienone is 2. The molecule has 1 fully saturated rings. The van der Waals surface area contributed by atoms with E-state index in [1.165, 1.54) is 12.8 Å². The summed E-state index contributed by atoms with van der Waals surface area (Å²) in [6.07, 6.45) is 6.29. The molecular weight excluding hydrogens is 142 g/mol. The van der Waals surface area contributed by atoms with E-state index in [0.717, 1.165) is 12.8 Å². The van der Waals surface area contributed by atoms with E-state index in [1.54, 1.807) is 0 Å². The molecule has 3 rings (SSSR count). The van der Waals surface area contributed by atoms with E-state index in [9.17, 15) is 10.1 Å². The minimum atomic E-state index is -0.198. The molecule has 3 aliphatic carbocycles. The number of nitrogens with zero attached hydrogens (tertiary/aromatic N) is 1. The van der Waals surface area contributed by atoms with Crippen LogP contribution in [0.15, 0.2) is 11.8 Å². The summed E-state index contributed by atoms with van der Waals surface area (Å²) in [6.45, 7) is 0. The van der Waals surface area contributed by atoms with E-state index in [0.29, 0.717) is 11.6 Å². The molecule has 0 saturated heterocycles. The summed E-state index contributed by atoms with van der Waals surface area (Å²) in [5.74, 6) is 0.787. The Labute approximate surface area is 65.2 Å². The third-order valence-corrected chi connectivity index (χ3v) is 2.81. The zero-order valence-electron chi connectivity index (χ0n) is 6.32. The maximum atomic E-state index is 10.5. The highest BCUT2D eigenvalue weighted by molar-refractivity contribution is 5.09. The SMILES string of the molecule is O=[N+]([O-])C1=CC2CCC1CC2. The zero-order chi connectivity index (χ0) is 7.84. The fourth-order valence-corrected chi connectivity index (χ4v) is 2.17. The lowest BCUT2D eigenvalue weighted by molar-refractivity contribution is -0.437. The van der Waals surface area contributed by atoms with Gasteiger partial charge in [-0.3, -0.25) is 10.1 Å². The van der Waals surface area contributed by atoms with Gasteiger partial charge in [-0.25, -0.2) is 0 Å². The monoisotopic (exact) mass is 153 g/mol. The second kappa shape index (κ2) is 2.32. The number of hydrogen-bond acceptors (Lipinski definition) is 2. The Morgan fingerprint density at radius 1 is 1.36 bits per heavy atom. The number of rotatable bonds is 1. The molecule has 11 heavy (non-hydrogen) atoms. The van der Waals surface area contributed by atoms with Gasteiger partial charge in [-0.15, -0.1) is 0 Å². The molecule has 60 valence electrons. The molecule has 3 aliphatic rings. The van der Waals surface area contributed by atoms with Crippen molar-refractivity contribution in [3.05, 3.63) is 21.9 Å². The third-order valence-electron chi connectivity index (χ3n) is 2.81. The van der Waals surface area contributed by atoms with E-state index < -0.39 is 0 Å². The average Bonchev–Trinajstić information content (AvgIpc) is 2.06. The summed E-state index contributed by atoms with van der Waals surface area (Å²) in [5, 5.41) is 10.5. The Hall–Kier alpha value is -0.860. The Bertz CT molecular complexity index is 214. The molecule has 2 bridgehead atoms. The van der Waals surface area contributed by atoms with Crippen LogP contribution in [0.2, 0.25) is 0 Å². The molecule has 0 atom stereocenters. The molecule has 0 N–H and O–H groups in total. The van der Waals surface area contributed by atoms with Crippen molar-refractivity contribution in [1.82, 2.24) is 0 Å². The lowest BCUT2D eigenvalue weighted by Crippen LogP contribution is -2.25. The summed E-state index contributed by atoms with van der Waals surface area (Å²) >= 11 is 0. The summed E-state index contributed by atoms with van der Waals surface area (Å²) in [6, 6.07) is 0. The van der Waals surface area contributed by atoms with Crippen molar-refractivity contribution in [2.24, 2.45) is 11.8 Å². The molecule has 0 aromatic rings. The molecule has 0 spiro atoms. The molecule has 1 saturated carbocycles. The minimum absolute atomic E-state index is 0.198. The molecule has 0 aliphatic heterocycles. The summed E-state index contributed by atoms with van der Waals surface area (Å²) < 4.78 is 0. The van der Waals surface area contributed by atoms with Crippen LogP contribution in [-0.4, -0.2) is 4.92 Å². The molecule has 0 aromatic carbocycles. The number of fused-ring (bicyclic) bond motifs is 2. The highest BCUT2D eigenvalue weighted by atomic mass is 16.6. The highest BCUT2D eigenvalue weighted by Crippen LogP contribution is 2.40. The van der Waals surface area contributed by atoms with Crippen LogP contribution in [-0.2, 0) is 0 Å². The second-order valence-corrected chi connectivity index (χ2v) is 3.46. The van der Waals surface area contributed by atoms with Gasteiger partial charge < -0.3 is 0 Å². The van der Waals surface area contributed by atoms with Gasteiger partial charge in [-0.1, -0.05) is 0 Å². The Kier molecular flexibility index (Phi) is 1.44. The van der Waals surface area contributed by atoms with E-state index in [1.807, 2.05) is 6.08 Å². The lowest BCUT2D eigenvalue weighted by Gasteiger charge is -2.30. The maximum absolute atomic E-state index is 10.5. The fraction of sp³-hybridized carbons (Fsp3) is 0.750. The van der Waals surface area contributed by atoms with Crippen molar-refractivity contribution >= 4 is 0 Å². The van der Waals surface area contributed by atoms with Crippen LogP contribution < -0.4 is 0 Å². The first kappa shape index (κ1) is 6.83. The number of hydrogen-bond donors (Lipinski definition) is 0. The largest absolute Gasteiger partial charge is 0.259 e. The maximum Gasteiger partial charge on any atom is 0.245 e. The van der Waals surface area contributed by atoms with Crippen LogP contribution >= 0.6 is 0 Å². The van der Waals surface area contributed by atoms with Gasteiger partial charge in [0.15, 0.2) is 0 Å². The van der Waals surface area contributed by atoms with Crippen molar-refractivity contribution < 1.29 is 4.92 Å². The summed E-state index contributed by atoms with van der Waals surface area (Å²) in [7, 11) is 0. The number of nitro groups is 1. The van der Waals surface area contributed by atoms with Gasteiger partial charge in [0.25, 0.3) is 0 Å².